The summed E-state index contributed by atoms with van der Waals surface area (Å²) in [6.45, 7) is 3.51. The summed E-state index contributed by atoms with van der Waals surface area (Å²) >= 11 is 0. The van der Waals surface area contributed by atoms with E-state index in [1.807, 2.05) is 98.5 Å². The number of imidazole rings is 2. The first-order chi connectivity index (χ1) is 36.4. The number of benzene rings is 4. The van der Waals surface area contributed by atoms with E-state index in [2.05, 4.69) is 15.1 Å². The molecule has 10 aromatic rings. The summed E-state index contributed by atoms with van der Waals surface area (Å²) in [6, 6.07) is 22.8. The van der Waals surface area contributed by atoms with Crippen LogP contribution in [-0.4, -0.2) is 108 Å². The van der Waals surface area contributed by atoms with Gasteiger partial charge >= 0.3 is 11.4 Å². The molecule has 6 aromatic heterocycles. The van der Waals surface area contributed by atoms with E-state index in [1.54, 1.807) is 61.8 Å². The average Bonchev–Trinajstić information content (AvgIpc) is 4.30. The highest BCUT2D eigenvalue weighted by Gasteiger charge is 2.36. The average molecular weight is 1010 g/mol. The highest BCUT2D eigenvalue weighted by Crippen LogP contribution is 2.33. The number of alkyl halides is 3. The fraction of sp³-hybridized carbons (Fsp3) is 0.286. The standard InChI is InChI=1S/C56H51F3N12O4/c1-33-7-4-9-45-52(33)70(55(74)67(45)32-51(73)66-20-6-10-46(66)54(58)59)38-15-13-37(14-16-38)42-25-61-29-49-44(42)27-63-69(49)30-35-21-34(2)53-47(22-35)68(31-50(72)65-19-5-8-40(65)23-57)56(75)71(53)39-17-11-36(12-18-39)41-24-60-28-48-43(41)26-62-64(48)3/h4,7,9,11-18,21-22,24-29,40,46,54H,5-6,8,10,19-20,23,30-32H2,1-3H3. The lowest BCUT2D eigenvalue weighted by Gasteiger charge is -2.24. The van der Waals surface area contributed by atoms with Crippen molar-refractivity contribution in [1.29, 1.82) is 0 Å². The van der Waals surface area contributed by atoms with Crippen molar-refractivity contribution in [3.05, 3.63) is 154 Å². The van der Waals surface area contributed by atoms with E-state index in [0.29, 0.717) is 65.8 Å². The number of nitrogens with zero attached hydrogens (tertiary/aromatic N) is 12. The molecule has 2 aliphatic rings. The summed E-state index contributed by atoms with van der Waals surface area (Å²) in [5, 5.41) is 11.0. The lowest BCUT2D eigenvalue weighted by Crippen LogP contribution is -2.42. The second kappa shape index (κ2) is 18.7. The van der Waals surface area contributed by atoms with Crippen molar-refractivity contribution in [2.45, 2.75) is 77.7 Å². The zero-order valence-electron chi connectivity index (χ0n) is 41.4. The normalized spacial score (nSPS) is 16.0. The second-order valence-electron chi connectivity index (χ2n) is 19.7. The molecule has 0 spiro atoms. The Morgan fingerprint density at radius 2 is 1.21 bits per heavy atom. The van der Waals surface area contributed by atoms with Crippen molar-refractivity contribution >= 4 is 55.7 Å². The van der Waals surface area contributed by atoms with Gasteiger partial charge in [0.15, 0.2) is 0 Å². The monoisotopic (exact) mass is 1010 g/mol. The van der Waals surface area contributed by atoms with Gasteiger partial charge in [0.2, 0.25) is 11.8 Å². The summed E-state index contributed by atoms with van der Waals surface area (Å²) < 4.78 is 51.4. The van der Waals surface area contributed by atoms with Crippen LogP contribution in [0.15, 0.2) is 126 Å². The van der Waals surface area contributed by atoms with E-state index in [9.17, 15) is 32.3 Å². The molecule has 2 atom stereocenters. The number of halogens is 3. The number of carbonyl (C=O) groups is 2. The molecule has 2 saturated heterocycles. The van der Waals surface area contributed by atoms with Crippen LogP contribution in [0.25, 0.3) is 77.5 Å². The van der Waals surface area contributed by atoms with Gasteiger partial charge in [-0.3, -0.25) is 47.2 Å². The minimum absolute atomic E-state index is 0.225. The molecule has 0 N–H and O–H groups in total. The maximum Gasteiger partial charge on any atom is 0.334 e. The zero-order valence-corrected chi connectivity index (χ0v) is 41.4. The van der Waals surface area contributed by atoms with Crippen LogP contribution >= 0.6 is 0 Å². The zero-order chi connectivity index (χ0) is 51.8. The molecule has 12 rings (SSSR count). The summed E-state index contributed by atoms with van der Waals surface area (Å²) in [5.74, 6) is -0.834. The summed E-state index contributed by atoms with van der Waals surface area (Å²) in [7, 11) is 1.87. The van der Waals surface area contributed by atoms with Gasteiger partial charge in [-0.1, -0.05) is 42.5 Å². The van der Waals surface area contributed by atoms with Crippen LogP contribution in [0.2, 0.25) is 0 Å². The molecule has 0 saturated carbocycles. The van der Waals surface area contributed by atoms with Crippen LogP contribution in [0.3, 0.4) is 0 Å². The predicted octanol–water partition coefficient (Wildman–Crippen LogP) is 8.14. The van der Waals surface area contributed by atoms with Gasteiger partial charge in [-0.15, -0.1) is 0 Å². The van der Waals surface area contributed by atoms with Crippen LogP contribution in [0, 0.1) is 13.8 Å². The first-order valence-electron chi connectivity index (χ1n) is 25.0. The number of likely N-dealkylation sites (tertiary alicyclic amines) is 2. The van der Waals surface area contributed by atoms with Crippen molar-refractivity contribution in [2.75, 3.05) is 19.8 Å². The van der Waals surface area contributed by atoms with Crippen molar-refractivity contribution in [1.82, 2.24) is 57.6 Å². The molecule has 2 amide bonds. The van der Waals surface area contributed by atoms with Crippen LogP contribution in [-0.2, 0) is 36.3 Å². The Bertz CT molecular complexity index is 4020. The largest absolute Gasteiger partial charge is 0.336 e. The Hall–Kier alpha value is -8.61. The highest BCUT2D eigenvalue weighted by molar-refractivity contribution is 5.95. The summed E-state index contributed by atoms with van der Waals surface area (Å²) in [6.07, 6.45) is 9.97. The Kier molecular flexibility index (Phi) is 11.8. The van der Waals surface area contributed by atoms with Crippen LogP contribution in [0.4, 0.5) is 13.2 Å². The molecule has 380 valence electrons. The maximum absolute atomic E-state index is 14.7. The number of hydrogen-bond donors (Lipinski definition) is 0. The number of aromatic nitrogens is 10. The number of rotatable bonds is 12. The molecule has 19 heteroatoms. The molecule has 4 aromatic carbocycles. The molecule has 8 heterocycles. The molecular weight excluding hydrogens is 962 g/mol. The van der Waals surface area contributed by atoms with Crippen molar-refractivity contribution in [2.24, 2.45) is 7.05 Å². The lowest BCUT2D eigenvalue weighted by atomic mass is 10.0. The molecule has 2 fully saturated rings. The molecule has 0 radical (unpaired) electrons. The minimum Gasteiger partial charge on any atom is -0.336 e. The molecular formula is C56H51F3N12O4. The second-order valence-corrected chi connectivity index (χ2v) is 19.7. The number of fused-ring (bicyclic) bond motifs is 4. The van der Waals surface area contributed by atoms with E-state index in [1.165, 1.54) is 14.0 Å². The number of carbonyl (C=O) groups excluding carboxylic acids is 2. The molecule has 0 aliphatic carbocycles. The first-order valence-corrected chi connectivity index (χ1v) is 25.0. The van der Waals surface area contributed by atoms with Crippen LogP contribution in [0.5, 0.6) is 0 Å². The molecule has 0 bridgehead atoms. The van der Waals surface area contributed by atoms with E-state index in [-0.39, 0.29) is 32.0 Å². The minimum atomic E-state index is -2.66. The van der Waals surface area contributed by atoms with E-state index < -0.39 is 42.5 Å². The SMILES string of the molecule is Cc1cc(Cn2ncc3c(-c4ccc(-n5c(=O)n(CC(=O)N6CCCC6C(F)F)c6cccc(C)c65)cc4)cncc32)cc2c1n(-c1ccc(-c3cncc4c3cnn4C)cc1)c(=O)n2CC(=O)N1CCCC1CF. The topological polar surface area (TPSA) is 156 Å². The van der Waals surface area contributed by atoms with Crippen molar-refractivity contribution in [3.8, 4) is 33.6 Å². The van der Waals surface area contributed by atoms with Gasteiger partial charge < -0.3 is 9.80 Å². The fourth-order valence-electron chi connectivity index (χ4n) is 11.5. The van der Waals surface area contributed by atoms with Gasteiger partial charge in [0.25, 0.3) is 6.43 Å². The van der Waals surface area contributed by atoms with E-state index in [0.717, 1.165) is 60.8 Å². The number of aryl methyl sites for hydroxylation is 3. The summed E-state index contributed by atoms with van der Waals surface area (Å²) in [4.78, 5) is 68.2. The van der Waals surface area contributed by atoms with Gasteiger partial charge in [-0.25, -0.2) is 22.8 Å². The van der Waals surface area contributed by atoms with Crippen molar-refractivity contribution in [3.63, 3.8) is 0 Å². The molecule has 75 heavy (non-hydrogen) atoms. The quantitative estimate of drug-likeness (QED) is 0.119. The number of amides is 2. The third-order valence-corrected chi connectivity index (χ3v) is 15.3. The third kappa shape index (κ3) is 7.99. The lowest BCUT2D eigenvalue weighted by molar-refractivity contribution is -0.135. The Labute approximate surface area is 426 Å². The van der Waals surface area contributed by atoms with Gasteiger partial charge in [-0.2, -0.15) is 10.2 Å². The van der Waals surface area contributed by atoms with Gasteiger partial charge in [0.1, 0.15) is 19.8 Å². The van der Waals surface area contributed by atoms with Gasteiger partial charge in [0, 0.05) is 54.4 Å². The number of para-hydroxylation sites is 1. The third-order valence-electron chi connectivity index (χ3n) is 15.3. The Morgan fingerprint density at radius 3 is 1.87 bits per heavy atom. The predicted molar refractivity (Wildman–Crippen MR) is 279 cm³/mol. The van der Waals surface area contributed by atoms with Crippen molar-refractivity contribution < 1.29 is 22.8 Å². The maximum atomic E-state index is 14.7. The molecule has 16 nitrogen and oxygen atoms in total. The number of pyridine rings is 2. The van der Waals surface area contributed by atoms with Crippen LogP contribution in [0.1, 0.15) is 42.4 Å². The van der Waals surface area contributed by atoms with E-state index in [4.69, 9.17) is 5.10 Å². The smallest absolute Gasteiger partial charge is 0.334 e. The van der Waals surface area contributed by atoms with Crippen LogP contribution < -0.4 is 11.4 Å². The van der Waals surface area contributed by atoms with Gasteiger partial charge in [-0.05, 0) is 104 Å². The van der Waals surface area contributed by atoms with E-state index >= 15 is 0 Å². The molecule has 2 unspecified atom stereocenters. The first kappa shape index (κ1) is 47.4. The highest BCUT2D eigenvalue weighted by atomic mass is 19.3. The van der Waals surface area contributed by atoms with Gasteiger partial charge in [0.05, 0.1) is 87.9 Å². The molecule has 2 aliphatic heterocycles. The summed E-state index contributed by atoms with van der Waals surface area (Å²) in [5.41, 5.74) is 10.1. The Morgan fingerprint density at radius 1 is 0.640 bits per heavy atom. The number of hydrogen-bond acceptors (Lipinski definition) is 8. The Balaban J connectivity index is 0.870. The fourth-order valence-corrected chi connectivity index (χ4v) is 11.5.